The molecule has 0 saturated heterocycles. The molecule has 0 unspecified atom stereocenters. The van der Waals surface area contributed by atoms with Crippen LogP contribution in [0, 0.1) is 5.92 Å². The minimum Gasteiger partial charge on any atom is -0.493 e. The van der Waals surface area contributed by atoms with E-state index in [1.165, 1.54) is 18.8 Å². The molecular weight excluding hydrogens is 390 g/mol. The van der Waals surface area contributed by atoms with Crippen LogP contribution in [0.4, 0.5) is 5.82 Å². The number of H-pyrrole nitrogens is 1. The Morgan fingerprint density at radius 3 is 2.57 bits per heavy atom. The predicted octanol–water partition coefficient (Wildman–Crippen LogP) is 1.58. The highest BCUT2D eigenvalue weighted by molar-refractivity contribution is 5.96. The van der Waals surface area contributed by atoms with E-state index in [0.717, 1.165) is 0 Å². The lowest BCUT2D eigenvalue weighted by atomic mass is 9.82. The van der Waals surface area contributed by atoms with Gasteiger partial charge in [-0.2, -0.15) is 0 Å². The number of rotatable bonds is 5. The van der Waals surface area contributed by atoms with Crippen molar-refractivity contribution < 1.29 is 19.0 Å². The standard InChI is InChI=1S/C21H23N3O6/c1-10(2)8-24-18-17(19(25)23-21(24)27)15(16-12(22-18)9-30-20(16)26)11-5-6-13(28-3)14(7-11)29-4/h5-7,10,15,22H,8-9H2,1-4H3,(H,23,25,27)/t15-/m1/s1. The van der Waals surface area contributed by atoms with Crippen LogP contribution in [0.25, 0.3) is 0 Å². The smallest absolute Gasteiger partial charge is 0.337 e. The maximum absolute atomic E-state index is 12.9. The van der Waals surface area contributed by atoms with Crippen molar-refractivity contribution in [2.45, 2.75) is 26.3 Å². The zero-order valence-electron chi connectivity index (χ0n) is 17.2. The molecule has 158 valence electrons. The van der Waals surface area contributed by atoms with Crippen LogP contribution in [0.15, 0.2) is 39.1 Å². The summed E-state index contributed by atoms with van der Waals surface area (Å²) >= 11 is 0. The zero-order chi connectivity index (χ0) is 21.6. The van der Waals surface area contributed by atoms with Crippen molar-refractivity contribution in [3.05, 3.63) is 61.4 Å². The maximum atomic E-state index is 12.9. The van der Waals surface area contributed by atoms with Gasteiger partial charge in [-0.25, -0.2) is 9.59 Å². The summed E-state index contributed by atoms with van der Waals surface area (Å²) in [5.41, 5.74) is 0.806. The molecule has 2 N–H and O–H groups in total. The van der Waals surface area contributed by atoms with E-state index in [4.69, 9.17) is 14.2 Å². The highest BCUT2D eigenvalue weighted by Crippen LogP contribution is 2.44. The van der Waals surface area contributed by atoms with Crippen LogP contribution in [-0.2, 0) is 16.1 Å². The minimum absolute atomic E-state index is 0.0556. The van der Waals surface area contributed by atoms with Gasteiger partial charge in [0, 0.05) is 6.54 Å². The summed E-state index contributed by atoms with van der Waals surface area (Å²) in [5, 5.41) is 3.12. The molecule has 1 aromatic carbocycles. The second-order valence-electron chi connectivity index (χ2n) is 7.67. The Bertz CT molecular complexity index is 1170. The lowest BCUT2D eigenvalue weighted by Gasteiger charge is -2.29. The number of nitrogens with zero attached hydrogens (tertiary/aromatic N) is 1. The van der Waals surface area contributed by atoms with E-state index >= 15 is 0 Å². The first-order valence-electron chi connectivity index (χ1n) is 9.61. The molecule has 0 amide bonds. The molecule has 0 bridgehead atoms. The van der Waals surface area contributed by atoms with E-state index in [2.05, 4.69) is 10.3 Å². The number of hydrogen-bond donors (Lipinski definition) is 2. The van der Waals surface area contributed by atoms with Crippen molar-refractivity contribution in [1.29, 1.82) is 0 Å². The first kappa shape index (κ1) is 19.8. The van der Waals surface area contributed by atoms with Gasteiger partial charge in [-0.05, 0) is 23.6 Å². The topological polar surface area (TPSA) is 112 Å². The van der Waals surface area contributed by atoms with E-state index in [-0.39, 0.29) is 12.5 Å². The Hall–Kier alpha value is -3.49. The van der Waals surface area contributed by atoms with Crippen LogP contribution < -0.4 is 26.0 Å². The monoisotopic (exact) mass is 413 g/mol. The summed E-state index contributed by atoms with van der Waals surface area (Å²) in [5.74, 6) is 0.329. The SMILES string of the molecule is COc1ccc([C@@H]2C3=C(COC3=O)Nc3c2c(=O)[nH]c(=O)n3CC(C)C)cc1OC. The number of aromatic nitrogens is 2. The van der Waals surface area contributed by atoms with Crippen LogP contribution in [-0.4, -0.2) is 36.3 Å². The van der Waals surface area contributed by atoms with Crippen molar-refractivity contribution in [2.75, 3.05) is 26.1 Å². The third kappa shape index (κ3) is 3.06. The molecule has 2 aliphatic heterocycles. The molecule has 3 heterocycles. The first-order chi connectivity index (χ1) is 14.3. The molecule has 0 fully saturated rings. The molecule has 2 aromatic rings. The number of cyclic esters (lactones) is 1. The molecule has 1 aromatic heterocycles. The van der Waals surface area contributed by atoms with E-state index in [0.29, 0.717) is 46.3 Å². The lowest BCUT2D eigenvalue weighted by molar-refractivity contribution is -0.136. The molecule has 9 nitrogen and oxygen atoms in total. The molecule has 1 atom stereocenters. The van der Waals surface area contributed by atoms with Gasteiger partial charge in [0.05, 0.1) is 37.0 Å². The van der Waals surface area contributed by atoms with E-state index in [9.17, 15) is 14.4 Å². The fourth-order valence-corrected chi connectivity index (χ4v) is 3.99. The van der Waals surface area contributed by atoms with Gasteiger partial charge in [-0.3, -0.25) is 14.3 Å². The van der Waals surface area contributed by atoms with Gasteiger partial charge in [0.15, 0.2) is 11.5 Å². The molecule has 0 saturated carbocycles. The van der Waals surface area contributed by atoms with Crippen molar-refractivity contribution >= 4 is 11.8 Å². The normalized spacial score (nSPS) is 17.4. The third-order valence-corrected chi connectivity index (χ3v) is 5.26. The molecular formula is C21H23N3O6. The van der Waals surface area contributed by atoms with E-state index in [1.807, 2.05) is 13.8 Å². The fraction of sp³-hybridized carbons (Fsp3) is 0.381. The maximum Gasteiger partial charge on any atom is 0.337 e. The Balaban J connectivity index is 2.00. The van der Waals surface area contributed by atoms with Gasteiger partial charge in [0.1, 0.15) is 12.4 Å². The van der Waals surface area contributed by atoms with Gasteiger partial charge >= 0.3 is 11.7 Å². The Kier molecular flexibility index (Phi) is 4.89. The Morgan fingerprint density at radius 2 is 1.90 bits per heavy atom. The third-order valence-electron chi connectivity index (χ3n) is 5.26. The number of ether oxygens (including phenoxy) is 3. The minimum atomic E-state index is -0.714. The number of nitrogens with one attached hydrogen (secondary N) is 2. The van der Waals surface area contributed by atoms with Crippen LogP contribution in [0.3, 0.4) is 0 Å². The highest BCUT2D eigenvalue weighted by Gasteiger charge is 2.41. The number of benzene rings is 1. The largest absolute Gasteiger partial charge is 0.493 e. The number of hydrogen-bond acceptors (Lipinski definition) is 7. The summed E-state index contributed by atoms with van der Waals surface area (Å²) in [6, 6.07) is 5.22. The lowest BCUT2D eigenvalue weighted by Crippen LogP contribution is -2.39. The predicted molar refractivity (Wildman–Crippen MR) is 109 cm³/mol. The average Bonchev–Trinajstić information content (AvgIpc) is 3.09. The van der Waals surface area contributed by atoms with Gasteiger partial charge in [-0.1, -0.05) is 19.9 Å². The van der Waals surface area contributed by atoms with Gasteiger partial charge in [-0.15, -0.1) is 0 Å². The summed E-state index contributed by atoms with van der Waals surface area (Å²) in [6.45, 7) is 4.41. The van der Waals surface area contributed by atoms with E-state index < -0.39 is 23.1 Å². The van der Waals surface area contributed by atoms with E-state index in [1.54, 1.807) is 18.2 Å². The van der Waals surface area contributed by atoms with Gasteiger partial charge in [0.2, 0.25) is 0 Å². The van der Waals surface area contributed by atoms with Gasteiger partial charge < -0.3 is 19.5 Å². The number of anilines is 1. The summed E-state index contributed by atoms with van der Waals surface area (Å²) < 4.78 is 17.5. The zero-order valence-corrected chi connectivity index (χ0v) is 17.2. The van der Waals surface area contributed by atoms with Gasteiger partial charge in [0.25, 0.3) is 5.56 Å². The second-order valence-corrected chi connectivity index (χ2v) is 7.67. The average molecular weight is 413 g/mol. The van der Waals surface area contributed by atoms with Crippen LogP contribution >= 0.6 is 0 Å². The summed E-state index contributed by atoms with van der Waals surface area (Å²) in [6.07, 6.45) is 0. The molecule has 9 heteroatoms. The first-order valence-corrected chi connectivity index (χ1v) is 9.61. The number of aromatic amines is 1. The van der Waals surface area contributed by atoms with Crippen molar-refractivity contribution in [2.24, 2.45) is 5.92 Å². The number of fused-ring (bicyclic) bond motifs is 1. The van der Waals surface area contributed by atoms with Crippen LogP contribution in [0.2, 0.25) is 0 Å². The molecule has 0 radical (unpaired) electrons. The second kappa shape index (κ2) is 7.40. The van der Waals surface area contributed by atoms with Crippen LogP contribution in [0.1, 0.15) is 30.9 Å². The summed E-state index contributed by atoms with van der Waals surface area (Å²) in [4.78, 5) is 40.5. The number of esters is 1. The fourth-order valence-electron chi connectivity index (χ4n) is 3.99. The van der Waals surface area contributed by atoms with Crippen molar-refractivity contribution in [3.8, 4) is 11.5 Å². The Morgan fingerprint density at radius 1 is 1.17 bits per heavy atom. The molecule has 4 rings (SSSR count). The summed E-state index contributed by atoms with van der Waals surface area (Å²) in [7, 11) is 3.04. The number of carbonyl (C=O) groups is 1. The number of methoxy groups -OCH3 is 2. The number of carbonyl (C=O) groups excluding carboxylic acids is 1. The molecule has 0 aliphatic carbocycles. The molecule has 2 aliphatic rings. The highest BCUT2D eigenvalue weighted by atomic mass is 16.5. The molecule has 0 spiro atoms. The molecule has 30 heavy (non-hydrogen) atoms. The van der Waals surface area contributed by atoms with Crippen molar-refractivity contribution in [3.63, 3.8) is 0 Å². The van der Waals surface area contributed by atoms with Crippen LogP contribution in [0.5, 0.6) is 11.5 Å². The Labute approximate surface area is 172 Å². The van der Waals surface area contributed by atoms with Crippen molar-refractivity contribution in [1.82, 2.24) is 9.55 Å². The quantitative estimate of drug-likeness (QED) is 0.716.